The first-order chi connectivity index (χ1) is 24.2. The first kappa shape index (κ1) is 38.4. The highest BCUT2D eigenvalue weighted by Gasteiger charge is 2.68. The summed E-state index contributed by atoms with van der Waals surface area (Å²) in [5, 5.41) is 5.98. The highest BCUT2D eigenvalue weighted by Crippen LogP contribution is 2.65. The lowest BCUT2D eigenvalue weighted by Crippen LogP contribution is -2.65. The Labute approximate surface area is 309 Å². The zero-order valence-electron chi connectivity index (χ0n) is 32.7. The van der Waals surface area contributed by atoms with Crippen LogP contribution in [0, 0.1) is 22.7 Å². The van der Waals surface area contributed by atoms with Crippen LogP contribution in [0.2, 0.25) is 0 Å². The number of ether oxygens (including phenoxy) is 2. The molecule has 0 spiro atoms. The highest BCUT2D eigenvalue weighted by atomic mass is 16.7. The third kappa shape index (κ3) is 7.41. The zero-order chi connectivity index (χ0) is 38.0. The number of likely N-dealkylation sites (tertiary alicyclic amines) is 1. The molecular weight excluding hydrogens is 663 g/mol. The fraction of sp³-hybridized carbons (Fsp3) is 0.744. The number of hydrogen-bond donors (Lipinski definition) is 2. The Bertz CT molecular complexity index is 1530. The Morgan fingerprint density at radius 1 is 0.981 bits per heavy atom. The van der Waals surface area contributed by atoms with Gasteiger partial charge in [-0.1, -0.05) is 72.2 Å². The Morgan fingerprint density at radius 2 is 1.63 bits per heavy atom. The summed E-state index contributed by atoms with van der Waals surface area (Å²) in [4.78, 5) is 58.4. The number of nitrogens with zero attached hydrogens (tertiary/aromatic N) is 2. The number of rotatable bonds is 8. The van der Waals surface area contributed by atoms with E-state index in [-0.39, 0.29) is 30.4 Å². The molecule has 1 aromatic carbocycles. The molecule has 52 heavy (non-hydrogen) atoms. The van der Waals surface area contributed by atoms with Gasteiger partial charge in [-0.2, -0.15) is 0 Å². The van der Waals surface area contributed by atoms with Crippen molar-refractivity contribution in [2.24, 2.45) is 22.7 Å². The molecule has 13 heteroatoms. The molecule has 7 rings (SSSR count). The van der Waals surface area contributed by atoms with Gasteiger partial charge in [0.05, 0.1) is 24.2 Å². The van der Waals surface area contributed by atoms with Crippen molar-refractivity contribution in [3.63, 3.8) is 0 Å². The minimum absolute atomic E-state index is 0.000797. The normalized spacial score (nSPS) is 30.1. The van der Waals surface area contributed by atoms with Gasteiger partial charge in [0.25, 0.3) is 0 Å². The second-order valence-electron chi connectivity index (χ2n) is 18.6. The maximum Gasteiger partial charge on any atom is 0.481 e. The summed E-state index contributed by atoms with van der Waals surface area (Å²) < 4.78 is 24.9. The predicted molar refractivity (Wildman–Crippen MR) is 196 cm³/mol. The third-order valence-corrected chi connectivity index (χ3v) is 12.2. The lowest BCUT2D eigenvalue weighted by atomic mass is 9.43. The van der Waals surface area contributed by atoms with E-state index >= 15 is 0 Å². The van der Waals surface area contributed by atoms with Gasteiger partial charge in [-0.25, -0.2) is 9.59 Å². The van der Waals surface area contributed by atoms with Crippen LogP contribution in [0.3, 0.4) is 0 Å². The Balaban J connectivity index is 1.21. The van der Waals surface area contributed by atoms with Crippen molar-refractivity contribution < 1.29 is 38.0 Å². The van der Waals surface area contributed by atoms with Gasteiger partial charge in [0.15, 0.2) is 0 Å². The number of fused-ring (bicyclic) bond motifs is 1. The first-order valence-electron chi connectivity index (χ1n) is 19.2. The summed E-state index contributed by atoms with van der Waals surface area (Å²) in [6, 6.07) is 5.89. The summed E-state index contributed by atoms with van der Waals surface area (Å²) >= 11 is 0. The van der Waals surface area contributed by atoms with Gasteiger partial charge in [0, 0.05) is 19.5 Å². The van der Waals surface area contributed by atoms with E-state index < -0.39 is 66.0 Å². The molecule has 2 saturated heterocycles. The molecule has 4 amide bonds. The molecule has 3 aliphatic carbocycles. The molecule has 3 heterocycles. The lowest BCUT2D eigenvalue weighted by Gasteiger charge is -2.64. The predicted octanol–water partition coefficient (Wildman–Crippen LogP) is 5.60. The molecule has 1 aromatic rings. The third-order valence-electron chi connectivity index (χ3n) is 12.2. The van der Waals surface area contributed by atoms with Gasteiger partial charge in [-0.15, -0.1) is 0 Å². The van der Waals surface area contributed by atoms with Gasteiger partial charge in [-0.05, 0) is 80.8 Å². The summed E-state index contributed by atoms with van der Waals surface area (Å²) in [7, 11) is -0.624. The number of nitrogens with one attached hydrogen (secondary N) is 2. The molecule has 3 saturated carbocycles. The monoisotopic (exact) mass is 722 g/mol. The Kier molecular flexibility index (Phi) is 10.2. The molecule has 0 unspecified atom stereocenters. The van der Waals surface area contributed by atoms with Crippen LogP contribution >= 0.6 is 0 Å². The van der Waals surface area contributed by atoms with Crippen molar-refractivity contribution in [2.75, 3.05) is 6.54 Å². The summed E-state index contributed by atoms with van der Waals surface area (Å²) in [5.74, 6) is -0.303. The van der Waals surface area contributed by atoms with Crippen LogP contribution in [-0.4, -0.2) is 88.9 Å². The molecule has 5 fully saturated rings. The number of alkyl carbamates (subject to hydrolysis) is 1. The summed E-state index contributed by atoms with van der Waals surface area (Å²) in [5.41, 5.74) is 0.365. The Morgan fingerprint density at radius 3 is 2.21 bits per heavy atom. The van der Waals surface area contributed by atoms with Gasteiger partial charge >= 0.3 is 19.3 Å². The fourth-order valence-electron chi connectivity index (χ4n) is 9.23. The van der Waals surface area contributed by atoms with E-state index in [2.05, 4.69) is 38.3 Å². The van der Waals surface area contributed by atoms with Crippen LogP contribution < -0.4 is 10.6 Å². The van der Waals surface area contributed by atoms with E-state index in [1.54, 1.807) is 25.7 Å². The van der Waals surface area contributed by atoms with Crippen LogP contribution in [0.1, 0.15) is 112 Å². The van der Waals surface area contributed by atoms with E-state index in [1.807, 2.05) is 45.0 Å². The van der Waals surface area contributed by atoms with Crippen molar-refractivity contribution in [3.8, 4) is 0 Å². The largest absolute Gasteiger partial charge is 0.481 e. The summed E-state index contributed by atoms with van der Waals surface area (Å²) in [6.45, 7) is 20.5. The van der Waals surface area contributed by atoms with Crippen LogP contribution in [-0.2, 0) is 41.5 Å². The SMILES string of the molecule is CCC[C@H](NC(=O)[C@@H]1C[C@@H](OC(=O)N2Cc3ccccc3C2)CN1C(=O)[C@@H](NC(=O)OC(C)(C)C)C(C)(C)C)B1O[C@@H]2C[C@@H]3C[C@@H](C3(C)C)[C@]2(C)O1. The average molecular weight is 723 g/mol. The van der Waals surface area contributed by atoms with Crippen LogP contribution in [0.5, 0.6) is 0 Å². The van der Waals surface area contributed by atoms with Crippen molar-refractivity contribution in [2.45, 2.75) is 156 Å². The van der Waals surface area contributed by atoms with Crippen molar-refractivity contribution in [3.05, 3.63) is 35.4 Å². The number of carbonyl (C=O) groups excluding carboxylic acids is 4. The van der Waals surface area contributed by atoms with Crippen molar-refractivity contribution in [1.29, 1.82) is 0 Å². The second-order valence-corrected chi connectivity index (χ2v) is 18.6. The molecule has 2 bridgehead atoms. The zero-order valence-corrected chi connectivity index (χ0v) is 32.7. The quantitative estimate of drug-likeness (QED) is 0.331. The molecule has 12 nitrogen and oxygen atoms in total. The van der Waals surface area contributed by atoms with Gasteiger partial charge < -0.3 is 34.3 Å². The standard InChI is InChI=1S/C39H59BN4O8/c1-11-14-30(40-51-29-18-25-17-28(38(25,8)9)39(29,10)52-40)41-32(45)27-19-26(49-35(48)43-20-23-15-12-13-16-24(23)21-43)22-44(27)33(46)31(36(2,3)4)42-34(47)50-37(5,6)7/h12-13,15-16,25-31H,11,14,17-22H2,1-10H3,(H,41,45)(H,42,47)/t25-,26+,27-,28-,29+,30-,31+,39-/m0/s1. The first-order valence-corrected chi connectivity index (χ1v) is 19.2. The summed E-state index contributed by atoms with van der Waals surface area (Å²) in [6.07, 6.45) is 1.56. The molecule has 6 aliphatic rings. The van der Waals surface area contributed by atoms with Crippen LogP contribution in [0.4, 0.5) is 9.59 Å². The number of hydrogen-bond acceptors (Lipinski definition) is 8. The fourth-order valence-corrected chi connectivity index (χ4v) is 9.23. The maximum atomic E-state index is 14.5. The average Bonchev–Trinajstić information content (AvgIpc) is 3.76. The minimum Gasteiger partial charge on any atom is -0.444 e. The molecule has 286 valence electrons. The smallest absolute Gasteiger partial charge is 0.444 e. The van der Waals surface area contributed by atoms with Crippen molar-refractivity contribution in [1.82, 2.24) is 20.4 Å². The molecule has 0 aromatic heterocycles. The molecule has 0 radical (unpaired) electrons. The van der Waals surface area contributed by atoms with Gasteiger partial charge in [0.1, 0.15) is 23.8 Å². The van der Waals surface area contributed by atoms with E-state index in [0.717, 1.165) is 30.4 Å². The number of benzene rings is 1. The number of amides is 4. The van der Waals surface area contributed by atoms with Crippen molar-refractivity contribution >= 4 is 31.1 Å². The topological polar surface area (TPSA) is 136 Å². The highest BCUT2D eigenvalue weighted by molar-refractivity contribution is 6.48. The molecule has 3 aliphatic heterocycles. The van der Waals surface area contributed by atoms with E-state index in [0.29, 0.717) is 31.3 Å². The van der Waals surface area contributed by atoms with E-state index in [1.165, 1.54) is 4.90 Å². The van der Waals surface area contributed by atoms with Gasteiger partial charge in [-0.3, -0.25) is 14.5 Å². The Hall–Kier alpha value is -3.32. The minimum atomic E-state index is -1.02. The van der Waals surface area contributed by atoms with E-state index in [9.17, 15) is 19.2 Å². The maximum absolute atomic E-state index is 14.5. The van der Waals surface area contributed by atoms with Crippen LogP contribution in [0.25, 0.3) is 0 Å². The van der Waals surface area contributed by atoms with E-state index in [4.69, 9.17) is 18.8 Å². The number of carbonyl (C=O) groups is 4. The van der Waals surface area contributed by atoms with Crippen LogP contribution in [0.15, 0.2) is 24.3 Å². The lowest BCUT2D eigenvalue weighted by molar-refractivity contribution is -0.199. The molecule has 2 N–H and O–H groups in total. The second kappa shape index (κ2) is 13.8. The molecule has 8 atom stereocenters. The van der Waals surface area contributed by atoms with Gasteiger partial charge in [0.2, 0.25) is 11.8 Å². The molecular formula is C39H59BN4O8.